The molecule has 12 heteroatoms. The molecule has 3 heterocycles. The summed E-state index contributed by atoms with van der Waals surface area (Å²) in [6, 6.07) is 4.68. The summed E-state index contributed by atoms with van der Waals surface area (Å²) in [4.78, 5) is 26.3. The van der Waals surface area contributed by atoms with E-state index in [0.29, 0.717) is 16.8 Å². The second-order valence-electron chi connectivity index (χ2n) is 9.00. The highest BCUT2D eigenvalue weighted by atomic mass is 19.3. The molecule has 1 amide bonds. The number of nitrogens with one attached hydrogen (secondary N) is 1. The van der Waals surface area contributed by atoms with Gasteiger partial charge in [0.25, 0.3) is 12.3 Å². The number of carbonyl (C=O) groups excluding carboxylic acids is 1. The third kappa shape index (κ3) is 5.15. The van der Waals surface area contributed by atoms with Gasteiger partial charge in [0.15, 0.2) is 12.3 Å². The standard InChI is InChI=1S/C25H27F4N5O3/c1-13(15-5-4-6-16(20(15)27)21(28)29)30-22-17-11-18(24(37-3)33-23(17)32-14(2)31-22)25(36)7-9-34(10-8-25)19(35)12-26/h4-6,11,13,21,36H,7-10,12H2,1-3H3,(H,30,31,32,33)/t13-/m1/s1. The first kappa shape index (κ1) is 26.5. The normalized spacial score (nSPS) is 16.2. The van der Waals surface area contributed by atoms with Crippen LogP contribution in [0.5, 0.6) is 5.88 Å². The molecule has 1 aliphatic heterocycles. The van der Waals surface area contributed by atoms with E-state index in [1.54, 1.807) is 19.9 Å². The number of anilines is 1. The highest BCUT2D eigenvalue weighted by molar-refractivity contribution is 5.88. The lowest BCUT2D eigenvalue weighted by molar-refractivity contribution is -0.136. The van der Waals surface area contributed by atoms with Gasteiger partial charge >= 0.3 is 0 Å². The minimum atomic E-state index is -2.96. The van der Waals surface area contributed by atoms with Crippen LogP contribution in [0.15, 0.2) is 24.3 Å². The Morgan fingerprint density at radius 2 is 1.89 bits per heavy atom. The predicted molar refractivity (Wildman–Crippen MR) is 128 cm³/mol. The van der Waals surface area contributed by atoms with Crippen molar-refractivity contribution in [2.45, 2.75) is 44.8 Å². The molecule has 1 saturated heterocycles. The van der Waals surface area contributed by atoms with Crippen molar-refractivity contribution in [1.82, 2.24) is 19.9 Å². The van der Waals surface area contributed by atoms with Crippen molar-refractivity contribution in [3.8, 4) is 5.88 Å². The maximum Gasteiger partial charge on any atom is 0.266 e. The van der Waals surface area contributed by atoms with Gasteiger partial charge in [-0.2, -0.15) is 4.98 Å². The summed E-state index contributed by atoms with van der Waals surface area (Å²) in [6.45, 7) is 2.43. The van der Waals surface area contributed by atoms with Crippen LogP contribution in [0.3, 0.4) is 0 Å². The Morgan fingerprint density at radius 3 is 2.51 bits per heavy atom. The summed E-state index contributed by atoms with van der Waals surface area (Å²) >= 11 is 0. The summed E-state index contributed by atoms with van der Waals surface area (Å²) < 4.78 is 59.4. The Bertz CT molecular complexity index is 1320. The molecule has 0 saturated carbocycles. The number of halogens is 4. The van der Waals surface area contributed by atoms with Gasteiger partial charge in [-0.3, -0.25) is 4.79 Å². The second-order valence-corrected chi connectivity index (χ2v) is 9.00. The predicted octanol–water partition coefficient (Wildman–Crippen LogP) is 4.37. The topological polar surface area (TPSA) is 100 Å². The van der Waals surface area contributed by atoms with Crippen LogP contribution in [-0.2, 0) is 10.4 Å². The largest absolute Gasteiger partial charge is 0.481 e. The molecule has 0 spiro atoms. The number of hydrogen-bond donors (Lipinski definition) is 2. The first-order valence-corrected chi connectivity index (χ1v) is 11.7. The Morgan fingerprint density at radius 1 is 1.22 bits per heavy atom. The average Bonchev–Trinajstić information content (AvgIpc) is 2.87. The van der Waals surface area contributed by atoms with E-state index in [1.807, 2.05) is 0 Å². The third-order valence-corrected chi connectivity index (χ3v) is 6.63. The number of fused-ring (bicyclic) bond motifs is 1. The highest BCUT2D eigenvalue weighted by Crippen LogP contribution is 2.40. The fraction of sp³-hybridized carbons (Fsp3) is 0.440. The molecule has 1 atom stereocenters. The number of nitrogens with zero attached hydrogens (tertiary/aromatic N) is 4. The smallest absolute Gasteiger partial charge is 0.266 e. The number of methoxy groups -OCH3 is 1. The summed E-state index contributed by atoms with van der Waals surface area (Å²) in [7, 11) is 1.40. The van der Waals surface area contributed by atoms with E-state index in [0.717, 1.165) is 6.07 Å². The van der Waals surface area contributed by atoms with Crippen LogP contribution >= 0.6 is 0 Å². The molecular formula is C25H27F4N5O3. The number of likely N-dealkylation sites (tertiary alicyclic amines) is 1. The lowest BCUT2D eigenvalue weighted by Crippen LogP contribution is -2.45. The van der Waals surface area contributed by atoms with Crippen molar-refractivity contribution in [2.24, 2.45) is 0 Å². The van der Waals surface area contributed by atoms with E-state index >= 15 is 0 Å². The number of ether oxygens (including phenoxy) is 1. The maximum absolute atomic E-state index is 14.8. The van der Waals surface area contributed by atoms with Crippen LogP contribution in [0.25, 0.3) is 11.0 Å². The van der Waals surface area contributed by atoms with Crippen LogP contribution in [0.1, 0.15) is 54.7 Å². The van der Waals surface area contributed by atoms with Crippen molar-refractivity contribution in [2.75, 3.05) is 32.2 Å². The van der Waals surface area contributed by atoms with Gasteiger partial charge in [0.2, 0.25) is 5.88 Å². The number of aromatic nitrogens is 3. The van der Waals surface area contributed by atoms with Gasteiger partial charge in [-0.15, -0.1) is 0 Å². The lowest BCUT2D eigenvalue weighted by atomic mass is 9.84. The fourth-order valence-electron chi connectivity index (χ4n) is 4.58. The number of pyridine rings is 1. The van der Waals surface area contributed by atoms with Gasteiger partial charge < -0.3 is 20.1 Å². The number of carbonyl (C=O) groups is 1. The number of hydrogen-bond acceptors (Lipinski definition) is 7. The Hall–Kier alpha value is -3.54. The Labute approximate surface area is 210 Å². The van der Waals surface area contributed by atoms with Crippen LogP contribution in [-0.4, -0.2) is 57.7 Å². The van der Waals surface area contributed by atoms with Crippen molar-refractivity contribution in [3.63, 3.8) is 0 Å². The zero-order valence-electron chi connectivity index (χ0n) is 20.6. The van der Waals surface area contributed by atoms with Gasteiger partial charge in [0, 0.05) is 24.2 Å². The number of piperidine rings is 1. The molecule has 2 N–H and O–H groups in total. The molecule has 0 radical (unpaired) electrons. The van der Waals surface area contributed by atoms with Crippen molar-refractivity contribution in [3.05, 3.63) is 52.6 Å². The van der Waals surface area contributed by atoms with E-state index in [1.165, 1.54) is 24.1 Å². The van der Waals surface area contributed by atoms with Crippen molar-refractivity contribution >= 4 is 22.8 Å². The van der Waals surface area contributed by atoms with Crippen LogP contribution < -0.4 is 10.1 Å². The van der Waals surface area contributed by atoms with E-state index in [-0.39, 0.29) is 48.8 Å². The molecule has 1 aliphatic rings. The van der Waals surface area contributed by atoms with E-state index in [4.69, 9.17) is 4.74 Å². The highest BCUT2D eigenvalue weighted by Gasteiger charge is 2.38. The molecule has 3 aromatic rings. The van der Waals surface area contributed by atoms with Gasteiger partial charge in [-0.25, -0.2) is 27.5 Å². The van der Waals surface area contributed by atoms with E-state index in [2.05, 4.69) is 20.3 Å². The molecule has 8 nitrogen and oxygen atoms in total. The summed E-state index contributed by atoms with van der Waals surface area (Å²) in [5, 5.41) is 14.9. The first-order chi connectivity index (χ1) is 17.6. The molecule has 0 unspecified atom stereocenters. The molecule has 0 bridgehead atoms. The van der Waals surface area contributed by atoms with Gasteiger partial charge in [-0.05, 0) is 32.8 Å². The molecule has 0 aliphatic carbocycles. The number of benzene rings is 1. The van der Waals surface area contributed by atoms with Crippen LogP contribution in [0, 0.1) is 12.7 Å². The quantitative estimate of drug-likeness (QED) is 0.446. The van der Waals surface area contributed by atoms with Crippen LogP contribution in [0.2, 0.25) is 0 Å². The first-order valence-electron chi connectivity index (χ1n) is 11.7. The maximum atomic E-state index is 14.8. The summed E-state index contributed by atoms with van der Waals surface area (Å²) in [5.41, 5.74) is -1.50. The monoisotopic (exact) mass is 521 g/mol. The minimum Gasteiger partial charge on any atom is -0.481 e. The summed E-state index contributed by atoms with van der Waals surface area (Å²) in [5.74, 6) is -0.895. The molecule has 37 heavy (non-hydrogen) atoms. The van der Waals surface area contributed by atoms with Gasteiger partial charge in [0.1, 0.15) is 17.5 Å². The minimum absolute atomic E-state index is 0.0347. The number of alkyl halides is 3. The number of aliphatic hydroxyl groups is 1. The lowest BCUT2D eigenvalue weighted by Gasteiger charge is -2.38. The zero-order chi connectivity index (χ0) is 26.9. The molecule has 4 rings (SSSR count). The number of rotatable bonds is 7. The fourth-order valence-corrected chi connectivity index (χ4v) is 4.58. The Balaban J connectivity index is 1.74. The molecular weight excluding hydrogens is 494 g/mol. The van der Waals surface area contributed by atoms with Gasteiger partial charge in [-0.1, -0.05) is 18.2 Å². The average molecular weight is 522 g/mol. The molecule has 1 fully saturated rings. The van der Waals surface area contributed by atoms with Crippen molar-refractivity contribution < 1.29 is 32.2 Å². The Kier molecular flexibility index (Phi) is 7.49. The zero-order valence-corrected chi connectivity index (χ0v) is 20.6. The van der Waals surface area contributed by atoms with E-state index < -0.39 is 42.0 Å². The second kappa shape index (κ2) is 10.4. The SMILES string of the molecule is COc1nc2nc(C)nc(N[C@H](C)c3cccc(C(F)F)c3F)c2cc1C1(O)CCN(C(=O)CF)CC1. The molecule has 2 aromatic heterocycles. The molecule has 198 valence electrons. The number of amides is 1. The van der Waals surface area contributed by atoms with Gasteiger partial charge in [0.05, 0.1) is 29.7 Å². The van der Waals surface area contributed by atoms with Crippen LogP contribution in [0.4, 0.5) is 23.4 Å². The summed E-state index contributed by atoms with van der Waals surface area (Å²) in [6.07, 6.45) is -2.71. The van der Waals surface area contributed by atoms with Crippen molar-refractivity contribution in [1.29, 1.82) is 0 Å². The third-order valence-electron chi connectivity index (χ3n) is 6.63. The van der Waals surface area contributed by atoms with E-state index in [9.17, 15) is 27.5 Å². The number of aryl methyl sites for hydroxylation is 1. The molecule has 1 aromatic carbocycles.